The molecule has 0 aromatic heterocycles. The first-order valence-corrected chi connectivity index (χ1v) is 9.83. The zero-order chi connectivity index (χ0) is 18.8. The minimum Gasteiger partial charge on any atom is -0.346 e. The van der Waals surface area contributed by atoms with E-state index in [0.29, 0.717) is 0 Å². The molecule has 1 amide bonds. The maximum atomic E-state index is 12.3. The van der Waals surface area contributed by atoms with Gasteiger partial charge in [0.1, 0.15) is 4.90 Å². The molecule has 0 aliphatic heterocycles. The Morgan fingerprint density at radius 3 is 2.32 bits per heavy atom. The summed E-state index contributed by atoms with van der Waals surface area (Å²) in [5.74, 6) is -0.529. The number of nitrogens with zero attached hydrogens (tertiary/aromatic N) is 1. The molecule has 1 atom stereocenters. The summed E-state index contributed by atoms with van der Waals surface area (Å²) < 4.78 is 24.1. The lowest BCUT2D eigenvalue weighted by atomic mass is 10.1. The molecule has 2 rings (SSSR count). The molecule has 0 spiro atoms. The largest absolute Gasteiger partial charge is 0.346 e. The van der Waals surface area contributed by atoms with Crippen molar-refractivity contribution in [2.45, 2.75) is 17.9 Å². The fourth-order valence-corrected chi connectivity index (χ4v) is 3.32. The summed E-state index contributed by atoms with van der Waals surface area (Å²) in [5, 5.41) is 13.9. The Bertz CT molecular complexity index is 926. The zero-order valence-corrected chi connectivity index (χ0v) is 15.8. The molecule has 25 heavy (non-hydrogen) atoms. The van der Waals surface area contributed by atoms with Gasteiger partial charge in [0.2, 0.25) is 0 Å². The summed E-state index contributed by atoms with van der Waals surface area (Å²) in [6.07, 6.45) is 0.880. The highest BCUT2D eigenvalue weighted by molar-refractivity contribution is 9.10. The molecule has 0 aliphatic carbocycles. The zero-order valence-electron chi connectivity index (χ0n) is 13.4. The summed E-state index contributed by atoms with van der Waals surface area (Å²) >= 11 is 3.33. The van der Waals surface area contributed by atoms with Crippen molar-refractivity contribution in [3.8, 4) is 0 Å². The predicted molar refractivity (Wildman–Crippen MR) is 96.2 cm³/mol. The lowest BCUT2D eigenvalue weighted by molar-refractivity contribution is -0.387. The molecule has 9 heteroatoms. The number of rotatable bonds is 5. The number of hydrogen-bond donors (Lipinski definition) is 1. The van der Waals surface area contributed by atoms with E-state index in [4.69, 9.17) is 0 Å². The normalized spacial score (nSPS) is 12.4. The van der Waals surface area contributed by atoms with Crippen molar-refractivity contribution >= 4 is 37.4 Å². The molecule has 132 valence electrons. The van der Waals surface area contributed by atoms with Gasteiger partial charge in [-0.25, -0.2) is 8.42 Å². The smallest absolute Gasteiger partial charge is 0.288 e. The van der Waals surface area contributed by atoms with Crippen LogP contribution in [0.15, 0.2) is 51.8 Å². The summed E-state index contributed by atoms with van der Waals surface area (Å²) in [6, 6.07) is 10.3. The molecule has 1 unspecified atom stereocenters. The van der Waals surface area contributed by atoms with Crippen molar-refractivity contribution in [1.29, 1.82) is 0 Å². The third-order valence-electron chi connectivity index (χ3n) is 3.53. The maximum Gasteiger partial charge on any atom is 0.288 e. The van der Waals surface area contributed by atoms with Gasteiger partial charge in [-0.1, -0.05) is 28.1 Å². The quantitative estimate of drug-likeness (QED) is 0.583. The number of nitro groups is 1. The second-order valence-corrected chi connectivity index (χ2v) is 8.36. The van der Waals surface area contributed by atoms with E-state index in [1.54, 1.807) is 6.92 Å². The van der Waals surface area contributed by atoms with Crippen LogP contribution in [0.25, 0.3) is 0 Å². The molecule has 0 fully saturated rings. The van der Waals surface area contributed by atoms with E-state index < -0.39 is 31.3 Å². The van der Waals surface area contributed by atoms with Gasteiger partial charge in [0.15, 0.2) is 9.84 Å². The molecular formula is C16H15BrN2O5S. The molecule has 1 N–H and O–H groups in total. The monoisotopic (exact) mass is 426 g/mol. The van der Waals surface area contributed by atoms with Crippen LogP contribution in [0.1, 0.15) is 28.9 Å². The Morgan fingerprint density at radius 1 is 1.20 bits per heavy atom. The van der Waals surface area contributed by atoms with Crippen molar-refractivity contribution < 1.29 is 18.1 Å². The van der Waals surface area contributed by atoms with Gasteiger partial charge in [0.05, 0.1) is 11.0 Å². The Hall–Kier alpha value is -2.26. The lowest BCUT2D eigenvalue weighted by Crippen LogP contribution is -2.26. The van der Waals surface area contributed by atoms with Gasteiger partial charge in [-0.3, -0.25) is 14.9 Å². The average molecular weight is 427 g/mol. The number of amides is 1. The van der Waals surface area contributed by atoms with Crippen molar-refractivity contribution in [2.24, 2.45) is 0 Å². The van der Waals surface area contributed by atoms with Crippen molar-refractivity contribution in [1.82, 2.24) is 5.32 Å². The van der Waals surface area contributed by atoms with Crippen LogP contribution in [-0.2, 0) is 9.84 Å². The average Bonchev–Trinajstić information content (AvgIpc) is 2.53. The minimum absolute atomic E-state index is 0.0167. The van der Waals surface area contributed by atoms with Crippen LogP contribution in [0, 0.1) is 10.1 Å². The first-order chi connectivity index (χ1) is 11.6. The predicted octanol–water partition coefficient (Wildman–Crippen LogP) is 3.25. The van der Waals surface area contributed by atoms with Gasteiger partial charge < -0.3 is 5.32 Å². The summed E-state index contributed by atoms with van der Waals surface area (Å²) in [4.78, 5) is 22.2. The van der Waals surface area contributed by atoms with E-state index in [2.05, 4.69) is 21.2 Å². The van der Waals surface area contributed by atoms with Crippen molar-refractivity contribution in [3.63, 3.8) is 0 Å². The topological polar surface area (TPSA) is 106 Å². The molecule has 2 aromatic carbocycles. The molecule has 0 bridgehead atoms. The fourth-order valence-electron chi connectivity index (χ4n) is 2.23. The fraction of sp³-hybridized carbons (Fsp3) is 0.188. The number of sulfone groups is 1. The molecule has 7 nitrogen and oxygen atoms in total. The van der Waals surface area contributed by atoms with Crippen LogP contribution in [0.5, 0.6) is 0 Å². The molecule has 0 radical (unpaired) electrons. The van der Waals surface area contributed by atoms with E-state index in [1.807, 2.05) is 24.3 Å². The van der Waals surface area contributed by atoms with Gasteiger partial charge >= 0.3 is 0 Å². The van der Waals surface area contributed by atoms with Crippen LogP contribution < -0.4 is 5.32 Å². The first kappa shape index (κ1) is 19.1. The summed E-state index contributed by atoms with van der Waals surface area (Å²) in [7, 11) is -3.77. The van der Waals surface area contributed by atoms with E-state index in [9.17, 15) is 23.3 Å². The van der Waals surface area contributed by atoms with Gasteiger partial charge in [0.25, 0.3) is 11.6 Å². The van der Waals surface area contributed by atoms with Crippen LogP contribution in [-0.4, -0.2) is 25.5 Å². The van der Waals surface area contributed by atoms with Gasteiger partial charge in [0, 0.05) is 22.4 Å². The first-order valence-electron chi connectivity index (χ1n) is 7.14. The Kier molecular flexibility index (Phi) is 5.58. The van der Waals surface area contributed by atoms with Crippen LogP contribution >= 0.6 is 15.9 Å². The number of carbonyl (C=O) groups is 1. The molecule has 2 aromatic rings. The van der Waals surface area contributed by atoms with Crippen LogP contribution in [0.4, 0.5) is 5.69 Å². The standard InChI is InChI=1S/C16H15BrN2O5S/c1-10(11-3-6-13(17)7-4-11)18-16(20)12-5-8-15(25(2,23)24)14(9-12)19(21)22/h3-10H,1-2H3,(H,18,20). The number of nitrogens with one attached hydrogen (secondary N) is 1. The SMILES string of the molecule is CC(NC(=O)c1ccc(S(C)(=O)=O)c([N+](=O)[O-])c1)c1ccc(Br)cc1. The Labute approximate surface area is 153 Å². The van der Waals surface area contributed by atoms with E-state index in [-0.39, 0.29) is 11.6 Å². The van der Waals surface area contributed by atoms with Crippen molar-refractivity contribution in [2.75, 3.05) is 6.26 Å². The molecule has 0 heterocycles. The van der Waals surface area contributed by atoms with Gasteiger partial charge in [-0.2, -0.15) is 0 Å². The Balaban J connectivity index is 2.29. The van der Waals surface area contributed by atoms with E-state index in [0.717, 1.165) is 28.4 Å². The summed E-state index contributed by atoms with van der Waals surface area (Å²) in [5.41, 5.74) is 0.258. The maximum absolute atomic E-state index is 12.3. The number of benzene rings is 2. The molecule has 0 aliphatic rings. The number of hydrogen-bond acceptors (Lipinski definition) is 5. The highest BCUT2D eigenvalue weighted by Gasteiger charge is 2.24. The third kappa shape index (κ3) is 4.64. The highest BCUT2D eigenvalue weighted by Crippen LogP contribution is 2.25. The molecule has 0 saturated heterocycles. The highest BCUT2D eigenvalue weighted by atomic mass is 79.9. The van der Waals surface area contributed by atoms with Crippen molar-refractivity contribution in [3.05, 3.63) is 68.2 Å². The van der Waals surface area contributed by atoms with Crippen LogP contribution in [0.2, 0.25) is 0 Å². The number of nitro benzene ring substituents is 1. The lowest BCUT2D eigenvalue weighted by Gasteiger charge is -2.14. The molecule has 0 saturated carbocycles. The number of halogens is 1. The Morgan fingerprint density at radius 2 is 1.80 bits per heavy atom. The summed E-state index contributed by atoms with van der Waals surface area (Å²) in [6.45, 7) is 1.78. The second-order valence-electron chi connectivity index (χ2n) is 5.46. The van der Waals surface area contributed by atoms with E-state index >= 15 is 0 Å². The van der Waals surface area contributed by atoms with Gasteiger partial charge in [-0.15, -0.1) is 0 Å². The minimum atomic E-state index is -3.77. The van der Waals surface area contributed by atoms with Gasteiger partial charge in [-0.05, 0) is 36.8 Å². The molecular weight excluding hydrogens is 412 g/mol. The number of carbonyl (C=O) groups excluding carboxylic acids is 1. The van der Waals surface area contributed by atoms with E-state index in [1.165, 1.54) is 6.07 Å². The van der Waals surface area contributed by atoms with Crippen LogP contribution in [0.3, 0.4) is 0 Å². The second kappa shape index (κ2) is 7.32. The third-order valence-corrected chi connectivity index (χ3v) is 5.21.